The molecule has 0 amide bonds. The molecule has 1 aromatic carbocycles. The largest absolute Gasteiger partial charge is 0.496 e. The average Bonchev–Trinajstić information content (AvgIpc) is 2.56. The summed E-state index contributed by atoms with van der Waals surface area (Å²) < 4.78 is 10.8. The number of nitrogens with zero attached hydrogens (tertiary/aromatic N) is 1. The number of pyridine rings is 1. The second-order valence-electron chi connectivity index (χ2n) is 5.76. The van der Waals surface area contributed by atoms with Gasteiger partial charge in [-0.3, -0.25) is 0 Å². The van der Waals surface area contributed by atoms with Crippen LogP contribution in [0.1, 0.15) is 12.5 Å². The van der Waals surface area contributed by atoms with Gasteiger partial charge in [0, 0.05) is 39.9 Å². The minimum absolute atomic E-state index is 0.217. The van der Waals surface area contributed by atoms with Crippen LogP contribution < -0.4 is 31.0 Å². The fourth-order valence-electron chi connectivity index (χ4n) is 2.91. The topological polar surface area (TPSA) is 69.4 Å². The van der Waals surface area contributed by atoms with Crippen LogP contribution in [0.2, 0.25) is 5.02 Å². The lowest BCUT2D eigenvalue weighted by Gasteiger charge is -2.17. The number of benzene rings is 1. The van der Waals surface area contributed by atoms with Crippen LogP contribution in [0.5, 0.6) is 11.5 Å². The van der Waals surface area contributed by atoms with Gasteiger partial charge in [0.15, 0.2) is 0 Å². The molecule has 0 fully saturated rings. The second-order valence-corrected chi connectivity index (χ2v) is 6.14. The van der Waals surface area contributed by atoms with E-state index in [-0.39, 0.29) is 6.04 Å². The summed E-state index contributed by atoms with van der Waals surface area (Å²) in [5, 5.41) is 5.68. The molecule has 24 heavy (non-hydrogen) atoms. The van der Waals surface area contributed by atoms with Crippen molar-refractivity contribution < 1.29 is 9.47 Å². The number of nitrogens with one attached hydrogen (secondary N) is 1. The smallest absolute Gasteiger partial charge is 0.141 e. The fraction of sp³-hybridized carbons (Fsp3) is 0.278. The molecule has 0 radical (unpaired) electrons. The van der Waals surface area contributed by atoms with Crippen LogP contribution in [-0.2, 0) is 0 Å². The number of nitrogens with two attached hydrogens (primary N) is 1. The molecule has 6 heteroatoms. The second kappa shape index (κ2) is 6.24. The third-order valence-corrected chi connectivity index (χ3v) is 4.55. The van der Waals surface area contributed by atoms with Gasteiger partial charge in [-0.2, -0.15) is 0 Å². The predicted octanol–water partition coefficient (Wildman–Crippen LogP) is 1.82. The zero-order chi connectivity index (χ0) is 17.4. The molecule has 3 N–H and O–H groups in total. The lowest BCUT2D eigenvalue weighted by Crippen LogP contribution is -2.39. The molecule has 126 valence electrons. The van der Waals surface area contributed by atoms with Crippen LogP contribution in [0, 0.1) is 6.92 Å². The number of hydrogen-bond acceptors (Lipinski definition) is 5. The zero-order valence-corrected chi connectivity index (χ0v) is 14.9. The van der Waals surface area contributed by atoms with Crippen molar-refractivity contribution >= 4 is 29.7 Å². The van der Waals surface area contributed by atoms with Crippen molar-refractivity contribution in [3.63, 3.8) is 0 Å². The summed E-state index contributed by atoms with van der Waals surface area (Å²) in [6.07, 6.45) is 4.00. The van der Waals surface area contributed by atoms with Gasteiger partial charge < -0.3 is 20.5 Å². The van der Waals surface area contributed by atoms with Gasteiger partial charge in [0.05, 0.1) is 24.9 Å². The summed E-state index contributed by atoms with van der Waals surface area (Å²) in [4.78, 5) is 4.57. The molecule has 0 saturated carbocycles. The van der Waals surface area contributed by atoms with Crippen molar-refractivity contribution in [3.8, 4) is 22.8 Å². The van der Waals surface area contributed by atoms with Crippen molar-refractivity contribution in [1.29, 1.82) is 0 Å². The first kappa shape index (κ1) is 16.5. The number of anilines is 1. The van der Waals surface area contributed by atoms with Crippen molar-refractivity contribution in [2.24, 2.45) is 0 Å². The van der Waals surface area contributed by atoms with E-state index >= 15 is 0 Å². The Balaban J connectivity index is 2.32. The van der Waals surface area contributed by atoms with Gasteiger partial charge in [0.2, 0.25) is 0 Å². The van der Waals surface area contributed by atoms with E-state index in [2.05, 4.69) is 23.3 Å². The van der Waals surface area contributed by atoms with Crippen LogP contribution in [0.4, 0.5) is 5.82 Å². The zero-order valence-electron chi connectivity index (χ0n) is 14.1. The molecule has 1 atom stereocenters. The molecule has 0 saturated heterocycles. The molecule has 2 heterocycles. The summed E-state index contributed by atoms with van der Waals surface area (Å²) in [6, 6.07) is 3.95. The van der Waals surface area contributed by atoms with Crippen molar-refractivity contribution in [3.05, 3.63) is 33.2 Å². The number of aromatic nitrogens is 1. The molecular formula is C18H20ClN3O2. The van der Waals surface area contributed by atoms with Crippen molar-refractivity contribution in [2.45, 2.75) is 19.9 Å². The lowest BCUT2D eigenvalue weighted by molar-refractivity contribution is 0.393. The highest BCUT2D eigenvalue weighted by molar-refractivity contribution is 6.35. The number of halogens is 1. The van der Waals surface area contributed by atoms with E-state index in [4.69, 9.17) is 26.8 Å². The van der Waals surface area contributed by atoms with E-state index < -0.39 is 0 Å². The number of nitrogen functional groups attached to an aromatic ring is 1. The minimum Gasteiger partial charge on any atom is -0.496 e. The number of hydrogen-bond donors (Lipinski definition) is 2. The number of rotatable bonds is 3. The van der Waals surface area contributed by atoms with Gasteiger partial charge in [0.25, 0.3) is 0 Å². The van der Waals surface area contributed by atoms with Gasteiger partial charge in [-0.25, -0.2) is 4.98 Å². The van der Waals surface area contributed by atoms with Gasteiger partial charge in [-0.15, -0.1) is 0 Å². The third-order valence-electron chi connectivity index (χ3n) is 4.18. The normalized spacial score (nSPS) is 15.6. The lowest BCUT2D eigenvalue weighted by atomic mass is 10.0. The quantitative estimate of drug-likeness (QED) is 0.888. The van der Waals surface area contributed by atoms with Gasteiger partial charge in [-0.1, -0.05) is 17.7 Å². The van der Waals surface area contributed by atoms with Gasteiger partial charge in [0.1, 0.15) is 17.3 Å². The Morgan fingerprint density at radius 3 is 2.58 bits per heavy atom. The van der Waals surface area contributed by atoms with E-state index in [0.29, 0.717) is 28.0 Å². The highest BCUT2D eigenvalue weighted by Gasteiger charge is 2.19. The summed E-state index contributed by atoms with van der Waals surface area (Å²) in [6.45, 7) is 3.99. The minimum atomic E-state index is 0.217. The van der Waals surface area contributed by atoms with E-state index in [1.807, 2.05) is 19.2 Å². The molecular weight excluding hydrogens is 326 g/mol. The molecule has 1 aromatic heterocycles. The molecule has 5 nitrogen and oxygen atoms in total. The standard InChI is InChI=1S/C18H20ClN3O2/c1-9-5-12-11(8-21-9)6-13(22-18(12)20)16-10(2)14(23-3)7-15(24-4)17(16)19/h5-9,21H,1-4H3,(H2,20,22). The van der Waals surface area contributed by atoms with Gasteiger partial charge >= 0.3 is 0 Å². The maximum atomic E-state index is 6.54. The highest BCUT2D eigenvalue weighted by atomic mass is 35.5. The highest BCUT2D eigenvalue weighted by Crippen LogP contribution is 2.41. The van der Waals surface area contributed by atoms with E-state index in [0.717, 1.165) is 21.6 Å². The summed E-state index contributed by atoms with van der Waals surface area (Å²) >= 11 is 6.54. The Morgan fingerprint density at radius 2 is 1.92 bits per heavy atom. The SMILES string of the molecule is COc1cc(OC)c(Cl)c(-c2cc3c(c(N)n2)=CC(C)NC=3)c1C. The molecule has 1 aliphatic rings. The summed E-state index contributed by atoms with van der Waals surface area (Å²) in [5.41, 5.74) is 8.52. The van der Waals surface area contributed by atoms with E-state index in [9.17, 15) is 0 Å². The maximum Gasteiger partial charge on any atom is 0.141 e. The fourth-order valence-corrected chi connectivity index (χ4v) is 3.28. The Labute approximate surface area is 145 Å². The molecule has 2 aromatic rings. The van der Waals surface area contributed by atoms with Crippen LogP contribution in [0.25, 0.3) is 23.5 Å². The number of ether oxygens (including phenoxy) is 2. The van der Waals surface area contributed by atoms with E-state index in [1.165, 1.54) is 0 Å². The average molecular weight is 346 g/mol. The first-order valence-corrected chi connectivity index (χ1v) is 8.00. The Hall–Kier alpha value is -2.40. The number of fused-ring (bicyclic) bond motifs is 1. The molecule has 1 aliphatic heterocycles. The van der Waals surface area contributed by atoms with Crippen LogP contribution in [-0.4, -0.2) is 25.2 Å². The van der Waals surface area contributed by atoms with Crippen LogP contribution in [0.15, 0.2) is 12.1 Å². The van der Waals surface area contributed by atoms with Crippen LogP contribution in [0.3, 0.4) is 0 Å². The monoisotopic (exact) mass is 345 g/mol. The van der Waals surface area contributed by atoms with Crippen molar-refractivity contribution in [2.75, 3.05) is 20.0 Å². The summed E-state index contributed by atoms with van der Waals surface area (Å²) in [5.74, 6) is 1.70. The molecule has 1 unspecified atom stereocenters. The molecule has 0 spiro atoms. The molecule has 0 aliphatic carbocycles. The van der Waals surface area contributed by atoms with E-state index in [1.54, 1.807) is 20.3 Å². The predicted molar refractivity (Wildman–Crippen MR) is 97.7 cm³/mol. The third kappa shape index (κ3) is 2.65. The summed E-state index contributed by atoms with van der Waals surface area (Å²) in [7, 11) is 3.19. The van der Waals surface area contributed by atoms with Crippen molar-refractivity contribution in [1.82, 2.24) is 10.3 Å². The Bertz CT molecular complexity index is 897. The maximum absolute atomic E-state index is 6.54. The number of methoxy groups -OCH3 is 2. The molecule has 3 rings (SSSR count). The first-order valence-electron chi connectivity index (χ1n) is 7.62. The first-order chi connectivity index (χ1) is 11.5. The van der Waals surface area contributed by atoms with Crippen LogP contribution >= 0.6 is 11.6 Å². The van der Waals surface area contributed by atoms with Gasteiger partial charge in [-0.05, 0) is 19.9 Å². The molecule has 0 bridgehead atoms. The Morgan fingerprint density at radius 1 is 1.21 bits per heavy atom. The Kier molecular flexibility index (Phi) is 4.28.